The molecule has 17 nitrogen and oxygen atoms in total. The summed E-state index contributed by atoms with van der Waals surface area (Å²) in [5.41, 5.74) is 14.7. The Hall–Kier alpha value is -6.82. The van der Waals surface area contributed by atoms with Crippen molar-refractivity contribution in [2.45, 2.75) is 141 Å². The van der Waals surface area contributed by atoms with Crippen LogP contribution >= 0.6 is 0 Å². The molecule has 4 aliphatic rings. The van der Waals surface area contributed by atoms with Crippen molar-refractivity contribution in [2.75, 3.05) is 75.5 Å². The van der Waals surface area contributed by atoms with Crippen molar-refractivity contribution in [3.8, 4) is 0 Å². The second-order valence-electron chi connectivity index (χ2n) is 19.0. The van der Waals surface area contributed by atoms with Gasteiger partial charge in [0.05, 0.1) is 64.6 Å². The van der Waals surface area contributed by atoms with E-state index in [0.717, 1.165) is 93.3 Å². The van der Waals surface area contributed by atoms with E-state index in [2.05, 4.69) is 68.0 Å². The van der Waals surface area contributed by atoms with Crippen LogP contribution in [0.1, 0.15) is 127 Å². The number of carbonyl (C=O) groups excluding carboxylic acids is 2. The van der Waals surface area contributed by atoms with Crippen LogP contribution in [0.5, 0.6) is 0 Å². The number of amides is 1. The van der Waals surface area contributed by atoms with Gasteiger partial charge in [-0.3, -0.25) is 24.6 Å². The minimum absolute atomic E-state index is 0.0254. The van der Waals surface area contributed by atoms with Crippen molar-refractivity contribution >= 4 is 57.0 Å². The number of carbonyl (C=O) groups is 2. The highest BCUT2D eigenvalue weighted by atomic mass is 19.4. The molecule has 0 atom stereocenters. The van der Waals surface area contributed by atoms with E-state index in [1.165, 1.54) is 63.6 Å². The Kier molecular flexibility index (Phi) is 27.3. The van der Waals surface area contributed by atoms with Gasteiger partial charge in [0.2, 0.25) is 5.91 Å². The first kappa shape index (κ1) is 66.7. The van der Waals surface area contributed by atoms with E-state index in [4.69, 9.17) is 16.6 Å². The van der Waals surface area contributed by atoms with Crippen molar-refractivity contribution in [1.29, 1.82) is 0 Å². The van der Waals surface area contributed by atoms with Gasteiger partial charge in [0.15, 0.2) is 0 Å². The SMILES string of the molecule is CC.CC.CC.CNC1CN(C2CCC(c3ncccc3N)CC2)C1.CO.Nc1ccc(C2CCC(N3CC(NC(=O)CNc4ncnc5ccc(C(F)(F)F)cc45)C3)CC2)nc1.O=CCNc1ncnc2ccc(C(F)(F)F)cc12. The van der Waals surface area contributed by atoms with Gasteiger partial charge in [-0.1, -0.05) is 41.5 Å². The molecule has 444 valence electrons. The fourth-order valence-electron chi connectivity index (χ4n) is 10.1. The summed E-state index contributed by atoms with van der Waals surface area (Å²) in [5.74, 6) is 1.21. The maximum Gasteiger partial charge on any atom is 0.416 e. The number of aliphatic hydroxyl groups excluding tert-OH is 1. The van der Waals surface area contributed by atoms with Crippen LogP contribution in [0.3, 0.4) is 0 Å². The Morgan fingerprint density at radius 2 is 1.14 bits per heavy atom. The number of likely N-dealkylation sites (N-methyl/N-ethyl adjacent to an activating group) is 1. The van der Waals surface area contributed by atoms with E-state index in [9.17, 15) is 35.9 Å². The largest absolute Gasteiger partial charge is 0.416 e. The Labute approximate surface area is 471 Å². The summed E-state index contributed by atoms with van der Waals surface area (Å²) in [6, 6.07) is 16.3. The van der Waals surface area contributed by atoms with E-state index in [1.807, 2.05) is 72.0 Å². The van der Waals surface area contributed by atoms with Crippen molar-refractivity contribution in [2.24, 2.45) is 0 Å². The molecule has 81 heavy (non-hydrogen) atoms. The molecule has 4 fully saturated rings. The molecule has 9 N–H and O–H groups in total. The predicted octanol–water partition coefficient (Wildman–Crippen LogP) is 10.1. The van der Waals surface area contributed by atoms with Gasteiger partial charge in [0, 0.05) is 85.9 Å². The number of hydrogen-bond acceptors (Lipinski definition) is 16. The minimum Gasteiger partial charge on any atom is -0.400 e. The van der Waals surface area contributed by atoms with E-state index in [0.29, 0.717) is 46.9 Å². The van der Waals surface area contributed by atoms with Crippen LogP contribution in [-0.2, 0) is 21.9 Å². The molecular formula is C58H82F6N14O3. The summed E-state index contributed by atoms with van der Waals surface area (Å²) in [6.45, 7) is 15.9. The number of nitrogens with two attached hydrogens (primary N) is 2. The van der Waals surface area contributed by atoms with Gasteiger partial charge in [0.1, 0.15) is 30.6 Å². The molecule has 0 bridgehead atoms. The van der Waals surface area contributed by atoms with Gasteiger partial charge in [-0.25, -0.2) is 19.9 Å². The van der Waals surface area contributed by atoms with E-state index >= 15 is 0 Å². The number of fused-ring (bicyclic) bond motifs is 2. The average molecular weight is 1140 g/mol. The van der Waals surface area contributed by atoms with Crippen molar-refractivity contribution < 1.29 is 41.0 Å². The minimum atomic E-state index is -4.47. The summed E-state index contributed by atoms with van der Waals surface area (Å²) < 4.78 is 77.0. The van der Waals surface area contributed by atoms with Crippen LogP contribution in [-0.4, -0.2) is 135 Å². The summed E-state index contributed by atoms with van der Waals surface area (Å²) in [7, 11) is 3.06. The molecular weight excluding hydrogens is 1050 g/mol. The molecule has 4 aromatic heterocycles. The number of alkyl halides is 6. The third kappa shape index (κ3) is 19.1. The van der Waals surface area contributed by atoms with Crippen molar-refractivity contribution in [3.63, 3.8) is 0 Å². The number of hydrogen-bond donors (Lipinski definition) is 7. The van der Waals surface area contributed by atoms with Crippen molar-refractivity contribution in [1.82, 2.24) is 50.3 Å². The molecule has 6 heterocycles. The first-order chi connectivity index (χ1) is 39.1. The zero-order chi connectivity index (χ0) is 59.7. The Bertz CT molecular complexity index is 2800. The zero-order valence-corrected chi connectivity index (χ0v) is 47.8. The molecule has 10 rings (SSSR count). The fraction of sp³-hybridized carbons (Fsp3) is 0.517. The van der Waals surface area contributed by atoms with Gasteiger partial charge in [-0.15, -0.1) is 0 Å². The fourth-order valence-corrected chi connectivity index (χ4v) is 10.1. The molecule has 2 saturated carbocycles. The number of likely N-dealkylation sites (tertiary alicyclic amines) is 2. The number of benzene rings is 2. The number of aliphatic hydroxyl groups is 1. The molecule has 2 aromatic carbocycles. The normalized spacial score (nSPS) is 19.1. The smallest absolute Gasteiger partial charge is 0.400 e. The number of pyridine rings is 2. The molecule has 23 heteroatoms. The lowest BCUT2D eigenvalue weighted by Crippen LogP contribution is -2.63. The molecule has 2 aliphatic carbocycles. The first-order valence-electron chi connectivity index (χ1n) is 27.9. The van der Waals surface area contributed by atoms with Crippen LogP contribution in [0.2, 0.25) is 0 Å². The molecule has 0 spiro atoms. The first-order valence-corrected chi connectivity index (χ1v) is 27.9. The van der Waals surface area contributed by atoms with Crippen LogP contribution in [0.25, 0.3) is 21.8 Å². The van der Waals surface area contributed by atoms with Gasteiger partial charge >= 0.3 is 12.4 Å². The Morgan fingerprint density at radius 1 is 0.642 bits per heavy atom. The zero-order valence-electron chi connectivity index (χ0n) is 47.8. The summed E-state index contributed by atoms with van der Waals surface area (Å²) in [6.07, 6.45) is 7.17. The summed E-state index contributed by atoms with van der Waals surface area (Å²) in [4.78, 5) is 52.4. The van der Waals surface area contributed by atoms with Gasteiger partial charge in [-0.05, 0) is 119 Å². The number of nitrogens with one attached hydrogen (secondary N) is 4. The second kappa shape index (κ2) is 33.2. The quantitative estimate of drug-likeness (QED) is 0.0446. The standard InChI is InChI=1S/C25H28F3N7O.C15H24N4.C11H8F3N3O.3C2H6.CH4O/c26-25(27,28)16-3-7-22-20(9-16)24(33-14-32-22)31-11-23(36)34-18-12-35(13-18)19-5-1-15(2-6-19)21-8-4-17(29)10-30-21;1-17-12-9-19(10-12)13-6-4-11(5-7-13)15-14(16)3-2-8-18-15;12-11(13,14)7-1-2-9-8(5-7)10(15-3-4-18)17-6-16-9;4*1-2/h3-4,7-10,14-15,18-19H,1-2,5-6,11-13,29H2,(H,34,36)(H,31,32,33);2-3,8,11-13,17H,4-7,9-10,16H2,1H3;1-2,4-6H,3H2,(H,15,16,17);3*1-2H3;2H,1H3. The highest BCUT2D eigenvalue weighted by molar-refractivity contribution is 5.92. The summed E-state index contributed by atoms with van der Waals surface area (Å²) in [5, 5.41) is 19.3. The van der Waals surface area contributed by atoms with Gasteiger partial charge in [0.25, 0.3) is 0 Å². The highest BCUT2D eigenvalue weighted by Gasteiger charge is 2.37. The van der Waals surface area contributed by atoms with Crippen LogP contribution < -0.4 is 32.7 Å². The summed E-state index contributed by atoms with van der Waals surface area (Å²) >= 11 is 0. The lowest BCUT2D eigenvalue weighted by molar-refractivity contribution is -0.138. The number of nitrogens with zero attached hydrogens (tertiary/aromatic N) is 8. The van der Waals surface area contributed by atoms with E-state index < -0.39 is 23.5 Å². The molecule has 0 unspecified atom stereocenters. The van der Waals surface area contributed by atoms with E-state index in [1.54, 1.807) is 6.20 Å². The topological polar surface area (TPSA) is 238 Å². The lowest BCUT2D eigenvalue weighted by atomic mass is 9.81. The Balaban J connectivity index is 0.000000265. The maximum absolute atomic E-state index is 13.1. The maximum atomic E-state index is 13.1. The number of aldehydes is 1. The van der Waals surface area contributed by atoms with Gasteiger partial charge in [-0.2, -0.15) is 26.3 Å². The average Bonchev–Trinajstić information content (AvgIpc) is 3.51. The number of nitrogen functional groups attached to an aromatic ring is 2. The monoisotopic (exact) mass is 1140 g/mol. The third-order valence-electron chi connectivity index (χ3n) is 14.2. The van der Waals surface area contributed by atoms with Crippen LogP contribution in [0.4, 0.5) is 49.4 Å². The third-order valence-corrected chi connectivity index (χ3v) is 14.2. The molecule has 2 aliphatic heterocycles. The number of aromatic nitrogens is 6. The van der Waals surface area contributed by atoms with Crippen molar-refractivity contribution in [3.05, 3.63) is 108 Å². The lowest BCUT2D eigenvalue weighted by Gasteiger charge is -2.46. The number of halogens is 6. The molecule has 6 aromatic rings. The number of anilines is 4. The highest BCUT2D eigenvalue weighted by Crippen LogP contribution is 2.39. The van der Waals surface area contributed by atoms with Crippen LogP contribution in [0, 0.1) is 0 Å². The molecule has 2 saturated heterocycles. The van der Waals surface area contributed by atoms with Gasteiger partial charge < -0.3 is 42.6 Å². The predicted molar refractivity (Wildman–Crippen MR) is 310 cm³/mol. The van der Waals surface area contributed by atoms with E-state index in [-0.39, 0.29) is 47.4 Å². The molecule has 0 radical (unpaired) electrons. The van der Waals surface area contributed by atoms with Crippen LogP contribution in [0.15, 0.2) is 85.7 Å². The second-order valence-corrected chi connectivity index (χ2v) is 19.0. The molecule has 1 amide bonds. The Morgan fingerprint density at radius 3 is 1.59 bits per heavy atom. The number of rotatable bonds is 12.